The van der Waals surface area contributed by atoms with Crippen molar-refractivity contribution in [1.82, 2.24) is 9.78 Å². The van der Waals surface area contributed by atoms with Crippen LogP contribution in [0, 0.1) is 17.3 Å². The second-order valence-corrected chi connectivity index (χ2v) is 3.93. The molecule has 0 saturated carbocycles. The molecular formula is C20H30N4. The summed E-state index contributed by atoms with van der Waals surface area (Å²) < 4.78 is 1.38. The van der Waals surface area contributed by atoms with Gasteiger partial charge in [0.15, 0.2) is 0 Å². The zero-order valence-corrected chi connectivity index (χ0v) is 15.6. The van der Waals surface area contributed by atoms with E-state index < -0.39 is 0 Å². The van der Waals surface area contributed by atoms with E-state index in [1.54, 1.807) is 30.5 Å². The normalized spacial score (nSPS) is 10.0. The van der Waals surface area contributed by atoms with Crippen LogP contribution in [0.5, 0.6) is 0 Å². The summed E-state index contributed by atoms with van der Waals surface area (Å²) in [7, 11) is 0. The largest absolute Gasteiger partial charge is 0.399 e. The van der Waals surface area contributed by atoms with Crippen LogP contribution in [0.4, 0.5) is 0 Å². The van der Waals surface area contributed by atoms with E-state index in [-0.39, 0.29) is 5.49 Å². The average molecular weight is 326 g/mol. The Kier molecular flexibility index (Phi) is 14.8. The van der Waals surface area contributed by atoms with Crippen molar-refractivity contribution >= 4 is 5.70 Å². The van der Waals surface area contributed by atoms with Gasteiger partial charge in [-0.15, -0.1) is 0 Å². The molecule has 4 nitrogen and oxygen atoms in total. The summed E-state index contributed by atoms with van der Waals surface area (Å²) in [6.07, 6.45) is 7.55. The van der Waals surface area contributed by atoms with Crippen LogP contribution in [-0.4, -0.2) is 9.78 Å². The van der Waals surface area contributed by atoms with E-state index in [9.17, 15) is 0 Å². The van der Waals surface area contributed by atoms with Crippen molar-refractivity contribution in [3.05, 3.63) is 66.5 Å². The van der Waals surface area contributed by atoms with Gasteiger partial charge in [0.2, 0.25) is 0 Å². The highest BCUT2D eigenvalue weighted by atomic mass is 15.3. The number of allylic oxidation sites excluding steroid dienone is 5. The lowest BCUT2D eigenvalue weighted by atomic mass is 10.2. The lowest BCUT2D eigenvalue weighted by Gasteiger charge is -2.01. The van der Waals surface area contributed by atoms with Gasteiger partial charge < -0.3 is 5.73 Å². The molecule has 0 aliphatic carbocycles. The van der Waals surface area contributed by atoms with Gasteiger partial charge in [-0.1, -0.05) is 53.7 Å². The Morgan fingerprint density at radius 3 is 2.42 bits per heavy atom. The number of rotatable bonds is 4. The molecule has 0 radical (unpaired) electrons. The zero-order valence-electron chi connectivity index (χ0n) is 15.6. The fraction of sp³-hybridized carbons (Fsp3) is 0.300. The van der Waals surface area contributed by atoms with Crippen LogP contribution in [0.3, 0.4) is 0 Å². The van der Waals surface area contributed by atoms with Crippen LogP contribution < -0.4 is 11.2 Å². The molecule has 1 heterocycles. The Balaban J connectivity index is 0. The van der Waals surface area contributed by atoms with Crippen molar-refractivity contribution in [3.8, 4) is 11.8 Å². The van der Waals surface area contributed by atoms with E-state index in [2.05, 4.69) is 30.1 Å². The van der Waals surface area contributed by atoms with E-state index in [1.165, 1.54) is 4.68 Å². The molecule has 1 rings (SSSR count). The summed E-state index contributed by atoms with van der Waals surface area (Å²) in [5, 5.41) is 11.7. The number of hydrogen-bond acceptors (Lipinski definition) is 3. The van der Waals surface area contributed by atoms with Crippen LogP contribution in [0.25, 0.3) is 5.70 Å². The minimum atomic E-state index is 0.240. The average Bonchev–Trinajstić information content (AvgIpc) is 2.65. The van der Waals surface area contributed by atoms with Crippen molar-refractivity contribution in [3.63, 3.8) is 0 Å². The van der Waals surface area contributed by atoms with Gasteiger partial charge in [0.05, 0.1) is 0 Å². The Hall–Kier alpha value is -2.80. The highest BCUT2D eigenvalue weighted by Crippen LogP contribution is 2.01. The molecule has 0 amide bonds. The maximum Gasteiger partial charge on any atom is 0.147 e. The van der Waals surface area contributed by atoms with Gasteiger partial charge in [0.1, 0.15) is 11.2 Å². The first-order chi connectivity index (χ1) is 11.6. The summed E-state index contributed by atoms with van der Waals surface area (Å²) in [6.45, 7) is 17.4. The van der Waals surface area contributed by atoms with Crippen molar-refractivity contribution in [2.24, 2.45) is 5.73 Å². The highest BCUT2D eigenvalue weighted by molar-refractivity contribution is 5.62. The molecule has 24 heavy (non-hydrogen) atoms. The first-order valence-electron chi connectivity index (χ1n) is 8.17. The molecule has 0 unspecified atom stereocenters. The smallest absolute Gasteiger partial charge is 0.147 e. The van der Waals surface area contributed by atoms with E-state index in [0.717, 1.165) is 12.0 Å². The number of nitrogens with zero attached hydrogens (tertiary/aromatic N) is 2. The minimum absolute atomic E-state index is 0.240. The summed E-state index contributed by atoms with van der Waals surface area (Å²) in [4.78, 5) is 0. The van der Waals surface area contributed by atoms with Gasteiger partial charge in [-0.05, 0) is 42.7 Å². The van der Waals surface area contributed by atoms with Crippen LogP contribution in [0.15, 0.2) is 61.0 Å². The molecule has 0 saturated heterocycles. The van der Waals surface area contributed by atoms with Gasteiger partial charge >= 0.3 is 0 Å². The lowest BCUT2D eigenvalue weighted by molar-refractivity contribution is 0.800. The maximum atomic E-state index is 7.71. The standard InChI is InChI=1S/C16H18N4.2C2H6/c1-4-14(10-11-15(17)5-2)9-8-13(3)20-16(18)7-6-12-19-20;2*1-2/h5-7,10-12,18H,2-4,17H2,1H3;2*1-2H3/b14-10+,15-11+,18-16?;;. The van der Waals surface area contributed by atoms with Crippen molar-refractivity contribution < 1.29 is 0 Å². The third-order valence-electron chi connectivity index (χ3n) is 2.47. The van der Waals surface area contributed by atoms with Crippen LogP contribution >= 0.6 is 0 Å². The van der Waals surface area contributed by atoms with E-state index in [4.69, 9.17) is 11.1 Å². The van der Waals surface area contributed by atoms with Gasteiger partial charge in [0.25, 0.3) is 0 Å². The lowest BCUT2D eigenvalue weighted by Crippen LogP contribution is -2.19. The molecule has 3 N–H and O–H groups in total. The molecule has 0 atom stereocenters. The topological polar surface area (TPSA) is 67.7 Å². The van der Waals surface area contributed by atoms with Crippen molar-refractivity contribution in [1.29, 1.82) is 5.41 Å². The van der Waals surface area contributed by atoms with E-state index in [0.29, 0.717) is 11.4 Å². The Morgan fingerprint density at radius 1 is 1.29 bits per heavy atom. The quantitative estimate of drug-likeness (QED) is 0.641. The SMILES string of the molecule is C=C/C(N)=C\C=C(\C#CC(=C)n1ncccc1=N)CC.CC.CC. The van der Waals surface area contributed by atoms with E-state index >= 15 is 0 Å². The Morgan fingerprint density at radius 2 is 1.92 bits per heavy atom. The van der Waals surface area contributed by atoms with Gasteiger partial charge in [-0.2, -0.15) is 5.10 Å². The molecular weight excluding hydrogens is 296 g/mol. The number of aromatic nitrogens is 2. The molecule has 130 valence electrons. The molecule has 4 heteroatoms. The third-order valence-corrected chi connectivity index (χ3v) is 2.47. The maximum absolute atomic E-state index is 7.71. The molecule has 0 bridgehead atoms. The van der Waals surface area contributed by atoms with Crippen LogP contribution in [-0.2, 0) is 0 Å². The number of nitrogens with one attached hydrogen (secondary N) is 1. The molecule has 0 aromatic carbocycles. The molecule has 0 fully saturated rings. The van der Waals surface area contributed by atoms with Crippen molar-refractivity contribution in [2.75, 3.05) is 0 Å². The predicted molar refractivity (Wildman–Crippen MR) is 105 cm³/mol. The summed E-state index contributed by atoms with van der Waals surface area (Å²) >= 11 is 0. The monoisotopic (exact) mass is 326 g/mol. The molecule has 0 aliphatic rings. The summed E-state index contributed by atoms with van der Waals surface area (Å²) in [5.74, 6) is 5.91. The van der Waals surface area contributed by atoms with Gasteiger partial charge in [-0.25, -0.2) is 4.68 Å². The summed E-state index contributed by atoms with van der Waals surface area (Å²) in [5.41, 5.74) is 7.83. The Labute approximate surface area is 146 Å². The zero-order chi connectivity index (χ0) is 19.0. The molecule has 0 aliphatic heterocycles. The first kappa shape index (κ1) is 23.5. The predicted octanol–water partition coefficient (Wildman–Crippen LogP) is 4.25. The highest BCUT2D eigenvalue weighted by Gasteiger charge is 1.94. The summed E-state index contributed by atoms with van der Waals surface area (Å²) in [6, 6.07) is 3.32. The molecule has 1 aromatic rings. The third kappa shape index (κ3) is 9.26. The fourth-order valence-corrected chi connectivity index (χ4v) is 1.31. The fourth-order valence-electron chi connectivity index (χ4n) is 1.31. The van der Waals surface area contributed by atoms with Crippen LogP contribution in [0.1, 0.15) is 41.0 Å². The molecule has 1 aromatic heterocycles. The van der Waals surface area contributed by atoms with Gasteiger partial charge in [0, 0.05) is 17.5 Å². The van der Waals surface area contributed by atoms with Crippen LogP contribution in [0.2, 0.25) is 0 Å². The van der Waals surface area contributed by atoms with Crippen molar-refractivity contribution in [2.45, 2.75) is 41.0 Å². The van der Waals surface area contributed by atoms with E-state index in [1.807, 2.05) is 40.7 Å². The van der Waals surface area contributed by atoms with Gasteiger partial charge in [-0.3, -0.25) is 5.41 Å². The minimum Gasteiger partial charge on any atom is -0.399 e. The Bertz CT molecular complexity index is 679. The second kappa shape index (κ2) is 15.1. The number of hydrogen-bond donors (Lipinski definition) is 2. The first-order valence-corrected chi connectivity index (χ1v) is 8.17. The molecule has 0 spiro atoms. The number of nitrogens with two attached hydrogens (primary N) is 1. The second-order valence-electron chi connectivity index (χ2n) is 3.93.